The van der Waals surface area contributed by atoms with Gasteiger partial charge in [0.25, 0.3) is 10.0 Å². The second-order valence-corrected chi connectivity index (χ2v) is 8.36. The van der Waals surface area contributed by atoms with Gasteiger partial charge in [-0.05, 0) is 36.8 Å². The van der Waals surface area contributed by atoms with Gasteiger partial charge in [-0.2, -0.15) is 0 Å². The number of pyridine rings is 1. The standard InChI is InChI=1S/C20H16F2N4O2S/c1-14-4-2-5-15(10-14)12-26(16-7-8-17(21)18(22)11-16)29(27,28)19-6-3-9-25-13-23-24-20(19)25/h2-11,13H,12H2,1H3. The molecule has 0 aliphatic carbocycles. The molecule has 0 spiro atoms. The van der Waals surface area contributed by atoms with Crippen molar-refractivity contribution >= 4 is 21.4 Å². The topological polar surface area (TPSA) is 67.6 Å². The van der Waals surface area contributed by atoms with Crippen LogP contribution in [0.15, 0.2) is 72.0 Å². The molecule has 2 heterocycles. The molecule has 9 heteroatoms. The maximum Gasteiger partial charge on any atom is 0.268 e. The summed E-state index contributed by atoms with van der Waals surface area (Å²) in [5.41, 5.74) is 1.80. The number of hydrogen-bond acceptors (Lipinski definition) is 4. The van der Waals surface area contributed by atoms with Crippen molar-refractivity contribution in [1.29, 1.82) is 0 Å². The lowest BCUT2D eigenvalue weighted by Gasteiger charge is -2.25. The number of nitrogens with zero attached hydrogens (tertiary/aromatic N) is 4. The van der Waals surface area contributed by atoms with Gasteiger partial charge in [0, 0.05) is 12.3 Å². The third kappa shape index (κ3) is 3.56. The molecule has 148 valence electrons. The number of anilines is 1. The zero-order chi connectivity index (χ0) is 20.6. The molecule has 0 fully saturated rings. The van der Waals surface area contributed by atoms with E-state index in [1.165, 1.54) is 22.9 Å². The lowest BCUT2D eigenvalue weighted by molar-refractivity contribution is 0.508. The number of rotatable bonds is 5. The molecule has 4 rings (SSSR count). The van der Waals surface area contributed by atoms with Crippen molar-refractivity contribution in [2.24, 2.45) is 0 Å². The quantitative estimate of drug-likeness (QED) is 0.499. The van der Waals surface area contributed by atoms with Crippen LogP contribution in [-0.2, 0) is 16.6 Å². The molecule has 0 saturated carbocycles. The highest BCUT2D eigenvalue weighted by molar-refractivity contribution is 7.93. The summed E-state index contributed by atoms with van der Waals surface area (Å²) in [5.74, 6) is -2.19. The maximum absolute atomic E-state index is 13.9. The first kappa shape index (κ1) is 19.0. The Bertz CT molecular complexity index is 1300. The van der Waals surface area contributed by atoms with Gasteiger partial charge in [-0.3, -0.25) is 8.71 Å². The van der Waals surface area contributed by atoms with Crippen LogP contribution in [0.5, 0.6) is 0 Å². The predicted octanol–water partition coefficient (Wildman–Crippen LogP) is 3.71. The predicted molar refractivity (Wildman–Crippen MR) is 104 cm³/mol. The number of halogens is 2. The van der Waals surface area contributed by atoms with Gasteiger partial charge in [0.1, 0.15) is 11.2 Å². The van der Waals surface area contributed by atoms with Crippen LogP contribution in [0.2, 0.25) is 0 Å². The Morgan fingerprint density at radius 3 is 2.62 bits per heavy atom. The van der Waals surface area contributed by atoms with E-state index in [0.717, 1.165) is 22.0 Å². The van der Waals surface area contributed by atoms with Crippen LogP contribution in [-0.4, -0.2) is 23.0 Å². The third-order valence-electron chi connectivity index (χ3n) is 4.46. The van der Waals surface area contributed by atoms with Crippen LogP contribution in [0.4, 0.5) is 14.5 Å². The number of benzene rings is 2. The van der Waals surface area contributed by atoms with Gasteiger partial charge >= 0.3 is 0 Å². The minimum Gasteiger partial charge on any atom is -0.288 e. The Morgan fingerprint density at radius 1 is 1.03 bits per heavy atom. The second-order valence-electron chi connectivity index (χ2n) is 6.53. The average Bonchev–Trinajstić information content (AvgIpc) is 3.17. The maximum atomic E-state index is 13.9. The Morgan fingerprint density at radius 2 is 1.86 bits per heavy atom. The molecule has 0 unspecified atom stereocenters. The van der Waals surface area contributed by atoms with E-state index < -0.39 is 21.7 Å². The highest BCUT2D eigenvalue weighted by Gasteiger charge is 2.29. The van der Waals surface area contributed by atoms with Crippen molar-refractivity contribution in [2.45, 2.75) is 18.4 Å². The Kier molecular flexibility index (Phi) is 4.75. The fourth-order valence-corrected chi connectivity index (χ4v) is 4.65. The SMILES string of the molecule is Cc1cccc(CN(c2ccc(F)c(F)c2)S(=O)(=O)c2cccn3cnnc23)c1. The van der Waals surface area contributed by atoms with Crippen LogP contribution in [0, 0.1) is 18.6 Å². The molecule has 4 aromatic rings. The number of fused-ring (bicyclic) bond motifs is 1. The molecule has 0 N–H and O–H groups in total. The van der Waals surface area contributed by atoms with Gasteiger partial charge in [0.2, 0.25) is 0 Å². The highest BCUT2D eigenvalue weighted by atomic mass is 32.2. The van der Waals surface area contributed by atoms with Crippen molar-refractivity contribution in [3.05, 3.63) is 89.9 Å². The molecule has 0 amide bonds. The molecule has 29 heavy (non-hydrogen) atoms. The van der Waals surface area contributed by atoms with E-state index in [-0.39, 0.29) is 22.8 Å². The summed E-state index contributed by atoms with van der Waals surface area (Å²) in [6.45, 7) is 1.82. The molecule has 0 aliphatic rings. The summed E-state index contributed by atoms with van der Waals surface area (Å²) >= 11 is 0. The van der Waals surface area contributed by atoms with Gasteiger partial charge in [-0.15, -0.1) is 10.2 Å². The minimum atomic E-state index is -4.17. The highest BCUT2D eigenvalue weighted by Crippen LogP contribution is 2.29. The number of aryl methyl sites for hydroxylation is 1. The van der Waals surface area contributed by atoms with Crippen molar-refractivity contribution in [1.82, 2.24) is 14.6 Å². The molecule has 0 aliphatic heterocycles. The monoisotopic (exact) mass is 414 g/mol. The molecule has 2 aromatic carbocycles. The summed E-state index contributed by atoms with van der Waals surface area (Å²) in [6, 6.07) is 13.3. The normalized spacial score (nSPS) is 11.7. The first-order chi connectivity index (χ1) is 13.9. The van der Waals surface area contributed by atoms with Crippen molar-refractivity contribution in [2.75, 3.05) is 4.31 Å². The lowest BCUT2D eigenvalue weighted by atomic mass is 10.1. The zero-order valence-corrected chi connectivity index (χ0v) is 16.1. The zero-order valence-electron chi connectivity index (χ0n) is 15.3. The van der Waals surface area contributed by atoms with Gasteiger partial charge in [0.15, 0.2) is 17.3 Å². The van der Waals surface area contributed by atoms with Crippen LogP contribution in [0.3, 0.4) is 0 Å². The summed E-state index contributed by atoms with van der Waals surface area (Å²) in [5, 5.41) is 7.64. The summed E-state index contributed by atoms with van der Waals surface area (Å²) in [6.07, 6.45) is 3.01. The Labute approximate surface area is 166 Å². The molecular formula is C20H16F2N4O2S. The summed E-state index contributed by atoms with van der Waals surface area (Å²) < 4.78 is 57.0. The molecule has 0 saturated heterocycles. The molecular weight excluding hydrogens is 398 g/mol. The molecule has 2 aromatic heterocycles. The number of hydrogen-bond donors (Lipinski definition) is 0. The average molecular weight is 414 g/mol. The number of aromatic nitrogens is 3. The van der Waals surface area contributed by atoms with Crippen LogP contribution in [0.1, 0.15) is 11.1 Å². The third-order valence-corrected chi connectivity index (χ3v) is 6.25. The fourth-order valence-electron chi connectivity index (χ4n) is 3.08. The van der Waals surface area contributed by atoms with Crippen molar-refractivity contribution < 1.29 is 17.2 Å². The molecule has 6 nitrogen and oxygen atoms in total. The molecule has 0 atom stereocenters. The largest absolute Gasteiger partial charge is 0.288 e. The van der Waals surface area contributed by atoms with Crippen LogP contribution >= 0.6 is 0 Å². The van der Waals surface area contributed by atoms with Gasteiger partial charge in [-0.1, -0.05) is 29.8 Å². The van der Waals surface area contributed by atoms with E-state index >= 15 is 0 Å². The number of sulfonamides is 1. The van der Waals surface area contributed by atoms with E-state index in [2.05, 4.69) is 10.2 Å². The fraction of sp³-hybridized carbons (Fsp3) is 0.100. The van der Waals surface area contributed by atoms with Crippen molar-refractivity contribution in [3.8, 4) is 0 Å². The summed E-state index contributed by atoms with van der Waals surface area (Å²) in [7, 11) is -4.17. The molecule has 0 radical (unpaired) electrons. The summed E-state index contributed by atoms with van der Waals surface area (Å²) in [4.78, 5) is -0.0881. The minimum absolute atomic E-state index is 0.00641. The van der Waals surface area contributed by atoms with Gasteiger partial charge in [0.05, 0.1) is 12.2 Å². The van der Waals surface area contributed by atoms with E-state index in [1.807, 2.05) is 19.1 Å². The van der Waals surface area contributed by atoms with Crippen molar-refractivity contribution in [3.63, 3.8) is 0 Å². The van der Waals surface area contributed by atoms with Gasteiger partial charge < -0.3 is 0 Å². The lowest BCUT2D eigenvalue weighted by Crippen LogP contribution is -2.31. The van der Waals surface area contributed by atoms with E-state index in [0.29, 0.717) is 5.56 Å². The van der Waals surface area contributed by atoms with E-state index in [9.17, 15) is 17.2 Å². The van der Waals surface area contributed by atoms with E-state index in [4.69, 9.17) is 0 Å². The van der Waals surface area contributed by atoms with Crippen LogP contribution < -0.4 is 4.31 Å². The second kappa shape index (κ2) is 7.25. The molecule has 0 bridgehead atoms. The smallest absolute Gasteiger partial charge is 0.268 e. The Hall–Kier alpha value is -3.33. The first-order valence-corrected chi connectivity index (χ1v) is 10.1. The van der Waals surface area contributed by atoms with Crippen LogP contribution in [0.25, 0.3) is 5.65 Å². The van der Waals surface area contributed by atoms with E-state index in [1.54, 1.807) is 24.4 Å². The Balaban J connectivity index is 1.88. The van der Waals surface area contributed by atoms with Gasteiger partial charge in [-0.25, -0.2) is 17.2 Å². The first-order valence-electron chi connectivity index (χ1n) is 8.68.